The second-order valence-electron chi connectivity index (χ2n) is 10.0. The third kappa shape index (κ3) is 5.61. The van der Waals surface area contributed by atoms with Gasteiger partial charge in [-0.05, 0) is 73.1 Å². The molecule has 0 aliphatic rings. The number of unbranched alkanes of at least 4 members (excludes halogenated alkanes) is 1. The Labute approximate surface area is 203 Å². The van der Waals surface area contributed by atoms with Gasteiger partial charge in [-0.1, -0.05) is 63.2 Å². The minimum absolute atomic E-state index is 0.133. The summed E-state index contributed by atoms with van der Waals surface area (Å²) in [4.78, 5) is 4.86. The summed E-state index contributed by atoms with van der Waals surface area (Å²) in [5, 5.41) is 0. The van der Waals surface area contributed by atoms with Gasteiger partial charge < -0.3 is 14.0 Å². The second-order valence-corrected chi connectivity index (χ2v) is 10.0. The van der Waals surface area contributed by atoms with E-state index in [0.717, 1.165) is 47.7 Å². The fourth-order valence-corrected chi connectivity index (χ4v) is 4.26. The first-order valence-corrected chi connectivity index (χ1v) is 12.2. The molecule has 4 aromatic rings. The molecule has 0 amide bonds. The third-order valence-corrected chi connectivity index (χ3v) is 6.25. The summed E-state index contributed by atoms with van der Waals surface area (Å²) in [6, 6.07) is 23.0. The number of nitrogens with zero attached hydrogens (tertiary/aromatic N) is 2. The van der Waals surface area contributed by atoms with Crippen molar-refractivity contribution in [3.05, 3.63) is 89.2 Å². The maximum atomic E-state index is 6.13. The molecule has 0 atom stereocenters. The molecule has 0 fully saturated rings. The van der Waals surface area contributed by atoms with Crippen molar-refractivity contribution in [3.63, 3.8) is 0 Å². The Balaban J connectivity index is 1.39. The van der Waals surface area contributed by atoms with Crippen LogP contribution in [0.25, 0.3) is 11.0 Å². The van der Waals surface area contributed by atoms with Crippen LogP contribution in [-0.4, -0.2) is 16.2 Å². The molecule has 0 unspecified atom stereocenters. The Hall–Kier alpha value is -3.27. The summed E-state index contributed by atoms with van der Waals surface area (Å²) in [6.45, 7) is 12.9. The van der Waals surface area contributed by atoms with E-state index in [0.29, 0.717) is 13.2 Å². The molecular formula is C30H36N2O2. The Morgan fingerprint density at radius 3 is 2.21 bits per heavy atom. The standard InChI is InChI=1S/C30H36N2O2/c1-22-11-10-12-23(2)29(22)33-20-9-8-19-32-27-14-7-6-13-26(27)31-28(32)21-34-25-17-15-24(16-18-25)30(3,4)5/h6-7,10-18H,8-9,19-21H2,1-5H3. The molecule has 0 aliphatic heterocycles. The molecule has 1 aromatic heterocycles. The summed E-state index contributed by atoms with van der Waals surface area (Å²) in [5.41, 5.74) is 5.98. The molecule has 0 saturated heterocycles. The Kier molecular flexibility index (Phi) is 7.26. The Bertz CT molecular complexity index is 1210. The zero-order chi connectivity index (χ0) is 24.1. The zero-order valence-electron chi connectivity index (χ0n) is 21.1. The molecule has 34 heavy (non-hydrogen) atoms. The lowest BCUT2D eigenvalue weighted by molar-refractivity contribution is 0.284. The summed E-state index contributed by atoms with van der Waals surface area (Å²) in [5.74, 6) is 2.84. The van der Waals surface area contributed by atoms with Crippen LogP contribution in [0.2, 0.25) is 0 Å². The van der Waals surface area contributed by atoms with Crippen molar-refractivity contribution in [1.82, 2.24) is 9.55 Å². The van der Waals surface area contributed by atoms with Crippen LogP contribution < -0.4 is 9.47 Å². The van der Waals surface area contributed by atoms with Crippen molar-refractivity contribution < 1.29 is 9.47 Å². The van der Waals surface area contributed by atoms with Crippen molar-refractivity contribution in [1.29, 1.82) is 0 Å². The van der Waals surface area contributed by atoms with E-state index in [4.69, 9.17) is 14.5 Å². The molecule has 3 aromatic carbocycles. The van der Waals surface area contributed by atoms with E-state index in [1.807, 2.05) is 6.07 Å². The van der Waals surface area contributed by atoms with Crippen LogP contribution in [0.15, 0.2) is 66.7 Å². The van der Waals surface area contributed by atoms with E-state index in [2.05, 4.69) is 99.8 Å². The second kappa shape index (κ2) is 10.3. The number of ether oxygens (including phenoxy) is 2. The highest BCUT2D eigenvalue weighted by Gasteiger charge is 2.14. The molecular weight excluding hydrogens is 420 g/mol. The summed E-state index contributed by atoms with van der Waals surface area (Å²) in [7, 11) is 0. The highest BCUT2D eigenvalue weighted by atomic mass is 16.5. The molecule has 0 spiro atoms. The number of hydrogen-bond donors (Lipinski definition) is 0. The lowest BCUT2D eigenvalue weighted by Gasteiger charge is -2.19. The van der Waals surface area contributed by atoms with Gasteiger partial charge >= 0.3 is 0 Å². The predicted octanol–water partition coefficient (Wildman–Crippen LogP) is 7.39. The maximum Gasteiger partial charge on any atom is 0.147 e. The molecule has 1 heterocycles. The van der Waals surface area contributed by atoms with E-state index < -0.39 is 0 Å². The van der Waals surface area contributed by atoms with E-state index in [9.17, 15) is 0 Å². The van der Waals surface area contributed by atoms with Gasteiger partial charge in [-0.2, -0.15) is 0 Å². The maximum absolute atomic E-state index is 6.13. The van der Waals surface area contributed by atoms with Gasteiger partial charge in [-0.3, -0.25) is 0 Å². The molecule has 0 saturated carbocycles. The Morgan fingerprint density at radius 1 is 0.794 bits per heavy atom. The van der Waals surface area contributed by atoms with Crippen LogP contribution in [0.4, 0.5) is 0 Å². The van der Waals surface area contributed by atoms with Crippen LogP contribution in [0.1, 0.15) is 56.1 Å². The van der Waals surface area contributed by atoms with Gasteiger partial charge in [0.2, 0.25) is 0 Å². The molecule has 0 radical (unpaired) electrons. The van der Waals surface area contributed by atoms with Crippen LogP contribution in [0.5, 0.6) is 11.5 Å². The van der Waals surface area contributed by atoms with Crippen molar-refractivity contribution in [2.75, 3.05) is 6.61 Å². The fraction of sp³-hybridized carbons (Fsp3) is 0.367. The largest absolute Gasteiger partial charge is 0.493 e. The molecule has 4 nitrogen and oxygen atoms in total. The van der Waals surface area contributed by atoms with Crippen LogP contribution in [0.3, 0.4) is 0 Å². The molecule has 0 bridgehead atoms. The van der Waals surface area contributed by atoms with Crippen molar-refractivity contribution in [2.24, 2.45) is 0 Å². The third-order valence-electron chi connectivity index (χ3n) is 6.25. The van der Waals surface area contributed by atoms with Gasteiger partial charge in [0.15, 0.2) is 0 Å². The number of hydrogen-bond acceptors (Lipinski definition) is 3. The number of fused-ring (bicyclic) bond motifs is 1. The van der Waals surface area contributed by atoms with Crippen LogP contribution >= 0.6 is 0 Å². The van der Waals surface area contributed by atoms with Crippen molar-refractivity contribution in [3.8, 4) is 11.5 Å². The predicted molar refractivity (Wildman–Crippen MR) is 140 cm³/mol. The summed E-state index contributed by atoms with van der Waals surface area (Å²) in [6.07, 6.45) is 1.99. The average molecular weight is 457 g/mol. The van der Waals surface area contributed by atoms with Gasteiger partial charge in [-0.25, -0.2) is 4.98 Å². The van der Waals surface area contributed by atoms with Crippen molar-refractivity contribution >= 4 is 11.0 Å². The van der Waals surface area contributed by atoms with Gasteiger partial charge in [0.05, 0.1) is 17.6 Å². The first-order chi connectivity index (χ1) is 16.3. The summed E-state index contributed by atoms with van der Waals surface area (Å²) >= 11 is 0. The van der Waals surface area contributed by atoms with E-state index in [1.165, 1.54) is 16.7 Å². The highest BCUT2D eigenvalue weighted by Crippen LogP contribution is 2.26. The van der Waals surface area contributed by atoms with E-state index in [1.54, 1.807) is 0 Å². The quantitative estimate of drug-likeness (QED) is 0.246. The Morgan fingerprint density at radius 2 is 1.50 bits per heavy atom. The zero-order valence-corrected chi connectivity index (χ0v) is 21.1. The fourth-order valence-electron chi connectivity index (χ4n) is 4.26. The number of para-hydroxylation sites is 3. The lowest BCUT2D eigenvalue weighted by atomic mass is 9.87. The lowest BCUT2D eigenvalue weighted by Crippen LogP contribution is -2.11. The molecule has 178 valence electrons. The number of imidazole rings is 1. The first kappa shape index (κ1) is 23.9. The number of aromatic nitrogens is 2. The smallest absolute Gasteiger partial charge is 0.147 e. The van der Waals surface area contributed by atoms with Crippen molar-refractivity contribution in [2.45, 2.75) is 66.0 Å². The van der Waals surface area contributed by atoms with E-state index in [-0.39, 0.29) is 5.41 Å². The molecule has 0 N–H and O–H groups in total. The first-order valence-electron chi connectivity index (χ1n) is 12.2. The SMILES string of the molecule is Cc1cccc(C)c1OCCCCn1c(COc2ccc(C(C)(C)C)cc2)nc2ccccc21. The number of aryl methyl sites for hydroxylation is 3. The minimum atomic E-state index is 0.133. The molecule has 4 heteroatoms. The van der Waals surface area contributed by atoms with Gasteiger partial charge in [0.1, 0.15) is 23.9 Å². The topological polar surface area (TPSA) is 36.3 Å². The normalized spacial score (nSPS) is 11.7. The van der Waals surface area contributed by atoms with Crippen LogP contribution in [-0.2, 0) is 18.6 Å². The molecule has 4 rings (SSSR count). The van der Waals surface area contributed by atoms with Gasteiger partial charge in [0.25, 0.3) is 0 Å². The van der Waals surface area contributed by atoms with Crippen LogP contribution in [0, 0.1) is 13.8 Å². The number of rotatable bonds is 9. The van der Waals surface area contributed by atoms with E-state index >= 15 is 0 Å². The average Bonchev–Trinajstić information content (AvgIpc) is 3.16. The monoisotopic (exact) mass is 456 g/mol. The summed E-state index contributed by atoms with van der Waals surface area (Å²) < 4.78 is 14.5. The minimum Gasteiger partial charge on any atom is -0.493 e. The van der Waals surface area contributed by atoms with Gasteiger partial charge in [0, 0.05) is 6.54 Å². The highest BCUT2D eigenvalue weighted by molar-refractivity contribution is 5.75. The van der Waals surface area contributed by atoms with Gasteiger partial charge in [-0.15, -0.1) is 0 Å². The molecule has 0 aliphatic carbocycles. The number of benzene rings is 3.